The molecule has 0 aromatic rings. The van der Waals surface area contributed by atoms with Crippen LogP contribution < -0.4 is 5.32 Å². The summed E-state index contributed by atoms with van der Waals surface area (Å²) in [5, 5.41) is 11.7. The zero-order chi connectivity index (χ0) is 13.5. The number of amides is 2. The van der Waals surface area contributed by atoms with Gasteiger partial charge in [0.05, 0.1) is 0 Å². The van der Waals surface area contributed by atoms with Gasteiger partial charge in [-0.05, 0) is 31.4 Å². The number of carboxylic acid groups (broad SMARTS) is 1. The van der Waals surface area contributed by atoms with Crippen LogP contribution in [0.25, 0.3) is 0 Å². The van der Waals surface area contributed by atoms with Crippen molar-refractivity contribution in [3.63, 3.8) is 0 Å². The van der Waals surface area contributed by atoms with E-state index in [1.54, 1.807) is 11.8 Å². The van der Waals surface area contributed by atoms with Gasteiger partial charge in [0, 0.05) is 18.3 Å². The van der Waals surface area contributed by atoms with Crippen molar-refractivity contribution >= 4 is 23.8 Å². The SMILES string of the molecule is CCC(CSC)NC(=O)N(CC(=O)O)CC1CC1. The normalized spacial score (nSPS) is 16.1. The number of hydrogen-bond acceptors (Lipinski definition) is 3. The van der Waals surface area contributed by atoms with Crippen molar-refractivity contribution in [2.45, 2.75) is 32.2 Å². The fourth-order valence-electron chi connectivity index (χ4n) is 1.72. The summed E-state index contributed by atoms with van der Waals surface area (Å²) in [6.45, 7) is 2.37. The number of urea groups is 1. The van der Waals surface area contributed by atoms with E-state index in [1.165, 1.54) is 4.90 Å². The van der Waals surface area contributed by atoms with E-state index >= 15 is 0 Å². The van der Waals surface area contributed by atoms with Crippen LogP contribution in [-0.2, 0) is 4.79 Å². The Labute approximate surface area is 112 Å². The monoisotopic (exact) mass is 274 g/mol. The van der Waals surface area contributed by atoms with Gasteiger partial charge in [-0.3, -0.25) is 4.79 Å². The molecule has 1 rings (SSSR count). The van der Waals surface area contributed by atoms with Crippen molar-refractivity contribution < 1.29 is 14.7 Å². The summed E-state index contributed by atoms with van der Waals surface area (Å²) in [6.07, 6.45) is 5.06. The van der Waals surface area contributed by atoms with Crippen LogP contribution in [0.4, 0.5) is 4.79 Å². The molecule has 0 radical (unpaired) electrons. The van der Waals surface area contributed by atoms with Crippen LogP contribution in [0.2, 0.25) is 0 Å². The number of carbonyl (C=O) groups is 2. The van der Waals surface area contributed by atoms with Gasteiger partial charge in [0.25, 0.3) is 0 Å². The largest absolute Gasteiger partial charge is 0.480 e. The van der Waals surface area contributed by atoms with Crippen LogP contribution in [0, 0.1) is 5.92 Å². The molecule has 1 fully saturated rings. The first-order chi connectivity index (χ1) is 8.56. The lowest BCUT2D eigenvalue weighted by Gasteiger charge is -2.24. The van der Waals surface area contributed by atoms with E-state index in [-0.39, 0.29) is 18.6 Å². The summed E-state index contributed by atoms with van der Waals surface area (Å²) in [6, 6.07) is -0.131. The molecule has 0 spiro atoms. The average Bonchev–Trinajstić information content (AvgIpc) is 3.10. The highest BCUT2D eigenvalue weighted by Gasteiger charge is 2.28. The summed E-state index contributed by atoms with van der Waals surface area (Å²) in [4.78, 5) is 24.2. The van der Waals surface area contributed by atoms with Gasteiger partial charge in [0.15, 0.2) is 0 Å². The van der Waals surface area contributed by atoms with Crippen molar-refractivity contribution in [2.75, 3.05) is 25.1 Å². The summed E-state index contributed by atoms with van der Waals surface area (Å²) in [5.74, 6) is 0.395. The van der Waals surface area contributed by atoms with Gasteiger partial charge in [-0.2, -0.15) is 11.8 Å². The molecule has 18 heavy (non-hydrogen) atoms. The zero-order valence-electron chi connectivity index (χ0n) is 11.0. The number of carbonyl (C=O) groups excluding carboxylic acids is 1. The lowest BCUT2D eigenvalue weighted by molar-refractivity contribution is -0.137. The molecule has 6 heteroatoms. The maximum absolute atomic E-state index is 12.0. The Balaban J connectivity index is 2.47. The van der Waals surface area contributed by atoms with Gasteiger partial charge in [-0.15, -0.1) is 0 Å². The zero-order valence-corrected chi connectivity index (χ0v) is 11.8. The van der Waals surface area contributed by atoms with Gasteiger partial charge in [0.1, 0.15) is 6.54 Å². The lowest BCUT2D eigenvalue weighted by atomic mass is 10.2. The molecule has 2 amide bonds. The second-order valence-electron chi connectivity index (χ2n) is 4.73. The summed E-state index contributed by atoms with van der Waals surface area (Å²) < 4.78 is 0. The number of nitrogens with one attached hydrogen (secondary N) is 1. The number of aliphatic carboxylic acids is 1. The molecule has 0 aliphatic heterocycles. The van der Waals surface area contributed by atoms with E-state index in [2.05, 4.69) is 5.32 Å². The number of thioether (sulfide) groups is 1. The maximum Gasteiger partial charge on any atom is 0.323 e. The van der Waals surface area contributed by atoms with Crippen molar-refractivity contribution in [3.05, 3.63) is 0 Å². The average molecular weight is 274 g/mol. The first-order valence-corrected chi connectivity index (χ1v) is 7.72. The maximum atomic E-state index is 12.0. The van der Waals surface area contributed by atoms with E-state index in [9.17, 15) is 9.59 Å². The summed E-state index contributed by atoms with van der Waals surface area (Å²) in [5.41, 5.74) is 0. The van der Waals surface area contributed by atoms with E-state index in [0.717, 1.165) is 25.0 Å². The Kier molecular flexibility index (Phi) is 6.32. The minimum atomic E-state index is -0.955. The predicted octanol–water partition coefficient (Wildman–Crippen LogP) is 1.63. The molecule has 104 valence electrons. The van der Waals surface area contributed by atoms with Gasteiger partial charge in [-0.1, -0.05) is 6.92 Å². The van der Waals surface area contributed by atoms with Crippen molar-refractivity contribution in [1.29, 1.82) is 0 Å². The Hall–Kier alpha value is -0.910. The summed E-state index contributed by atoms with van der Waals surface area (Å²) in [7, 11) is 0. The third-order valence-corrected chi connectivity index (χ3v) is 3.71. The van der Waals surface area contributed by atoms with E-state index < -0.39 is 5.97 Å². The minimum Gasteiger partial charge on any atom is -0.480 e. The number of hydrogen-bond donors (Lipinski definition) is 2. The highest BCUT2D eigenvalue weighted by atomic mass is 32.2. The van der Waals surface area contributed by atoms with Gasteiger partial charge in [-0.25, -0.2) is 4.79 Å². The molecule has 0 bridgehead atoms. The fourth-order valence-corrected chi connectivity index (χ4v) is 2.44. The van der Waals surface area contributed by atoms with Gasteiger partial charge >= 0.3 is 12.0 Å². The first kappa shape index (κ1) is 15.1. The number of carboxylic acids is 1. The minimum absolute atomic E-state index is 0.114. The van der Waals surface area contributed by atoms with Crippen LogP contribution in [0.15, 0.2) is 0 Å². The fraction of sp³-hybridized carbons (Fsp3) is 0.833. The van der Waals surface area contributed by atoms with E-state index in [1.807, 2.05) is 13.2 Å². The lowest BCUT2D eigenvalue weighted by Crippen LogP contribution is -2.48. The van der Waals surface area contributed by atoms with Crippen LogP contribution in [-0.4, -0.2) is 53.1 Å². The standard InChI is InChI=1S/C12H22N2O3S/c1-3-10(8-18-2)13-12(17)14(7-11(15)16)6-9-4-5-9/h9-10H,3-8H2,1-2H3,(H,13,17)(H,15,16). The molecule has 1 aliphatic rings. The quantitative estimate of drug-likeness (QED) is 0.706. The van der Waals surface area contributed by atoms with Gasteiger partial charge < -0.3 is 15.3 Å². The topological polar surface area (TPSA) is 69.6 Å². The van der Waals surface area contributed by atoms with E-state index in [4.69, 9.17) is 5.11 Å². The molecule has 0 saturated heterocycles. The van der Waals surface area contributed by atoms with Crippen LogP contribution in [0.1, 0.15) is 26.2 Å². The third kappa shape index (κ3) is 5.62. The molecule has 2 N–H and O–H groups in total. The first-order valence-electron chi connectivity index (χ1n) is 6.33. The smallest absolute Gasteiger partial charge is 0.323 e. The summed E-state index contributed by atoms with van der Waals surface area (Å²) >= 11 is 1.68. The van der Waals surface area contributed by atoms with Crippen molar-refractivity contribution in [3.8, 4) is 0 Å². The molecular weight excluding hydrogens is 252 g/mol. The third-order valence-electron chi connectivity index (χ3n) is 2.98. The molecule has 1 aliphatic carbocycles. The number of rotatable bonds is 8. The number of nitrogens with zero attached hydrogens (tertiary/aromatic N) is 1. The second kappa shape index (κ2) is 7.51. The Morgan fingerprint density at radius 2 is 2.17 bits per heavy atom. The second-order valence-corrected chi connectivity index (χ2v) is 5.64. The van der Waals surface area contributed by atoms with Crippen LogP contribution >= 0.6 is 11.8 Å². The Morgan fingerprint density at radius 1 is 1.50 bits per heavy atom. The molecule has 1 saturated carbocycles. The van der Waals surface area contributed by atoms with Crippen LogP contribution in [0.5, 0.6) is 0 Å². The van der Waals surface area contributed by atoms with Crippen molar-refractivity contribution in [1.82, 2.24) is 10.2 Å². The van der Waals surface area contributed by atoms with Crippen LogP contribution in [0.3, 0.4) is 0 Å². The predicted molar refractivity (Wildman–Crippen MR) is 72.9 cm³/mol. The highest BCUT2D eigenvalue weighted by Crippen LogP contribution is 2.29. The molecule has 0 aromatic carbocycles. The molecule has 1 atom stereocenters. The van der Waals surface area contributed by atoms with E-state index in [0.29, 0.717) is 12.5 Å². The van der Waals surface area contributed by atoms with Gasteiger partial charge in [0.2, 0.25) is 0 Å². The molecule has 5 nitrogen and oxygen atoms in total. The molecule has 1 unspecified atom stereocenters. The molecular formula is C12H22N2O3S. The molecule has 0 aromatic heterocycles. The molecule has 0 heterocycles. The van der Waals surface area contributed by atoms with Crippen molar-refractivity contribution in [2.24, 2.45) is 5.92 Å². The highest BCUT2D eigenvalue weighted by molar-refractivity contribution is 7.98. The Bertz CT molecular complexity index is 295. The Morgan fingerprint density at radius 3 is 2.61 bits per heavy atom.